The Hall–Kier alpha value is -2.26. The molecule has 0 atom stereocenters. The van der Waals surface area contributed by atoms with Crippen molar-refractivity contribution in [1.82, 2.24) is 19.9 Å². The van der Waals surface area contributed by atoms with Gasteiger partial charge in [0.1, 0.15) is 12.4 Å². The molecule has 6 nitrogen and oxygen atoms in total. The molecular formula is C21H26F3N5O. The van der Waals surface area contributed by atoms with E-state index in [1.165, 1.54) is 5.56 Å². The van der Waals surface area contributed by atoms with E-state index in [-0.39, 0.29) is 6.61 Å². The molecule has 0 bridgehead atoms. The molecule has 30 heavy (non-hydrogen) atoms. The number of ether oxygens (including phenoxy) is 1. The number of aromatic nitrogens is 3. The second-order valence-corrected chi connectivity index (χ2v) is 7.74. The number of aryl methyl sites for hydroxylation is 1. The van der Waals surface area contributed by atoms with Gasteiger partial charge in [-0.3, -0.25) is 9.88 Å². The molecule has 2 aromatic rings. The highest BCUT2D eigenvalue weighted by atomic mass is 19.4. The zero-order chi connectivity index (χ0) is 21.0. The normalized spacial score (nSPS) is 17.4. The molecular weight excluding hydrogens is 395 g/mol. The van der Waals surface area contributed by atoms with E-state index in [9.17, 15) is 13.2 Å². The first-order chi connectivity index (χ1) is 14.5. The minimum atomic E-state index is -4.25. The monoisotopic (exact) mass is 421 g/mol. The van der Waals surface area contributed by atoms with Crippen LogP contribution in [-0.4, -0.2) is 72.0 Å². The molecule has 1 saturated heterocycles. The van der Waals surface area contributed by atoms with Crippen molar-refractivity contribution in [2.75, 3.05) is 50.8 Å². The van der Waals surface area contributed by atoms with Gasteiger partial charge in [-0.1, -0.05) is 0 Å². The average Bonchev–Trinajstić information content (AvgIpc) is 3.22. The van der Waals surface area contributed by atoms with Crippen LogP contribution in [-0.2, 0) is 17.6 Å². The van der Waals surface area contributed by atoms with Gasteiger partial charge in [0.15, 0.2) is 5.82 Å². The Morgan fingerprint density at radius 2 is 1.77 bits per heavy atom. The summed E-state index contributed by atoms with van der Waals surface area (Å²) in [6, 6.07) is 3.86. The maximum absolute atomic E-state index is 12.1. The molecule has 1 aliphatic carbocycles. The fraction of sp³-hybridized carbons (Fsp3) is 0.571. The van der Waals surface area contributed by atoms with E-state index < -0.39 is 12.8 Å². The Kier molecular flexibility index (Phi) is 6.48. The SMILES string of the molecule is FC(F)(F)COCCCN1CCN(c2nc(-c3ccncc3)nc3c2CCC3)CC1. The number of piperazine rings is 1. The summed E-state index contributed by atoms with van der Waals surface area (Å²) in [4.78, 5) is 18.4. The fourth-order valence-electron chi connectivity index (χ4n) is 4.07. The molecule has 3 heterocycles. The number of pyridine rings is 1. The van der Waals surface area contributed by atoms with E-state index in [2.05, 4.69) is 14.8 Å². The predicted molar refractivity (Wildman–Crippen MR) is 107 cm³/mol. The van der Waals surface area contributed by atoms with E-state index in [0.717, 1.165) is 74.9 Å². The number of anilines is 1. The van der Waals surface area contributed by atoms with Crippen molar-refractivity contribution in [3.8, 4) is 11.4 Å². The van der Waals surface area contributed by atoms with Gasteiger partial charge in [-0.05, 0) is 37.8 Å². The van der Waals surface area contributed by atoms with Crippen LogP contribution < -0.4 is 4.90 Å². The van der Waals surface area contributed by atoms with Crippen LogP contribution in [0.3, 0.4) is 0 Å². The van der Waals surface area contributed by atoms with E-state index in [4.69, 9.17) is 14.7 Å². The highest BCUT2D eigenvalue weighted by Crippen LogP contribution is 2.31. The Balaban J connectivity index is 1.35. The molecule has 4 rings (SSSR count). The summed E-state index contributed by atoms with van der Waals surface area (Å²) in [5.41, 5.74) is 3.39. The van der Waals surface area contributed by atoms with Crippen LogP contribution in [0.2, 0.25) is 0 Å². The lowest BCUT2D eigenvalue weighted by molar-refractivity contribution is -0.174. The standard InChI is InChI=1S/C21H26F3N5O/c22-21(23,24)15-30-14-2-9-28-10-12-29(13-11-28)20-17-3-1-4-18(17)26-19(27-20)16-5-7-25-8-6-16/h5-8H,1-4,9-15H2. The largest absolute Gasteiger partial charge is 0.411 e. The number of hydrogen-bond acceptors (Lipinski definition) is 6. The quantitative estimate of drug-likeness (QED) is 0.641. The Labute approximate surface area is 174 Å². The first-order valence-electron chi connectivity index (χ1n) is 10.4. The van der Waals surface area contributed by atoms with E-state index in [0.29, 0.717) is 6.42 Å². The summed E-state index contributed by atoms with van der Waals surface area (Å²) >= 11 is 0. The average molecular weight is 421 g/mol. The lowest BCUT2D eigenvalue weighted by Gasteiger charge is -2.36. The molecule has 0 unspecified atom stereocenters. The highest BCUT2D eigenvalue weighted by molar-refractivity contribution is 5.61. The number of halogens is 3. The molecule has 1 fully saturated rings. The highest BCUT2D eigenvalue weighted by Gasteiger charge is 2.28. The van der Waals surface area contributed by atoms with Crippen LogP contribution in [0, 0.1) is 0 Å². The number of hydrogen-bond donors (Lipinski definition) is 0. The predicted octanol–water partition coefficient (Wildman–Crippen LogP) is 3.12. The minimum Gasteiger partial charge on any atom is -0.372 e. The van der Waals surface area contributed by atoms with Gasteiger partial charge in [0, 0.05) is 68.5 Å². The summed E-state index contributed by atoms with van der Waals surface area (Å²) < 4.78 is 41.1. The molecule has 0 radical (unpaired) electrons. The lowest BCUT2D eigenvalue weighted by atomic mass is 10.1. The van der Waals surface area contributed by atoms with Crippen LogP contribution in [0.25, 0.3) is 11.4 Å². The van der Waals surface area contributed by atoms with Gasteiger partial charge >= 0.3 is 6.18 Å². The van der Waals surface area contributed by atoms with Crippen molar-refractivity contribution >= 4 is 5.82 Å². The first kappa shape index (κ1) is 21.0. The maximum atomic E-state index is 12.1. The fourth-order valence-corrected chi connectivity index (χ4v) is 4.07. The first-order valence-corrected chi connectivity index (χ1v) is 10.4. The van der Waals surface area contributed by atoms with E-state index in [1.807, 2.05) is 12.1 Å². The molecule has 0 amide bonds. The van der Waals surface area contributed by atoms with Gasteiger partial charge in [0.2, 0.25) is 0 Å². The Morgan fingerprint density at radius 1 is 1.00 bits per heavy atom. The number of fused-ring (bicyclic) bond motifs is 1. The Morgan fingerprint density at radius 3 is 2.50 bits per heavy atom. The summed E-state index contributed by atoms with van der Waals surface area (Å²) in [6.07, 6.45) is 2.96. The number of rotatable bonds is 7. The second kappa shape index (κ2) is 9.26. The van der Waals surface area contributed by atoms with Crippen molar-refractivity contribution in [3.63, 3.8) is 0 Å². The zero-order valence-corrected chi connectivity index (χ0v) is 16.9. The summed E-state index contributed by atoms with van der Waals surface area (Å²) in [6.45, 7) is 3.14. The Bertz CT molecular complexity index is 839. The summed E-state index contributed by atoms with van der Waals surface area (Å²) in [7, 11) is 0. The molecule has 0 spiro atoms. The molecule has 0 N–H and O–H groups in total. The van der Waals surface area contributed by atoms with Crippen molar-refractivity contribution in [2.24, 2.45) is 0 Å². The van der Waals surface area contributed by atoms with Crippen LogP contribution in [0.4, 0.5) is 19.0 Å². The number of alkyl halides is 3. The third kappa shape index (κ3) is 5.26. The van der Waals surface area contributed by atoms with Gasteiger partial charge in [-0.25, -0.2) is 9.97 Å². The second-order valence-electron chi connectivity index (χ2n) is 7.74. The topological polar surface area (TPSA) is 54.4 Å². The van der Waals surface area contributed by atoms with Gasteiger partial charge in [0.25, 0.3) is 0 Å². The van der Waals surface area contributed by atoms with Crippen molar-refractivity contribution in [2.45, 2.75) is 31.9 Å². The minimum absolute atomic E-state index is 0.133. The van der Waals surface area contributed by atoms with Crippen LogP contribution in [0.15, 0.2) is 24.5 Å². The zero-order valence-electron chi connectivity index (χ0n) is 16.9. The van der Waals surface area contributed by atoms with E-state index in [1.54, 1.807) is 12.4 Å². The van der Waals surface area contributed by atoms with Crippen LogP contribution in [0.5, 0.6) is 0 Å². The third-order valence-electron chi connectivity index (χ3n) is 5.55. The molecule has 1 aliphatic heterocycles. The molecule has 0 saturated carbocycles. The van der Waals surface area contributed by atoms with Crippen LogP contribution in [0.1, 0.15) is 24.1 Å². The molecule has 0 aromatic carbocycles. The molecule has 2 aliphatic rings. The van der Waals surface area contributed by atoms with Crippen molar-refractivity contribution in [3.05, 3.63) is 35.8 Å². The maximum Gasteiger partial charge on any atom is 0.411 e. The van der Waals surface area contributed by atoms with Gasteiger partial charge < -0.3 is 9.64 Å². The van der Waals surface area contributed by atoms with Crippen LogP contribution >= 0.6 is 0 Å². The smallest absolute Gasteiger partial charge is 0.372 e. The number of nitrogens with zero attached hydrogens (tertiary/aromatic N) is 5. The van der Waals surface area contributed by atoms with Crippen molar-refractivity contribution < 1.29 is 17.9 Å². The molecule has 162 valence electrons. The van der Waals surface area contributed by atoms with Gasteiger partial charge in [-0.2, -0.15) is 13.2 Å². The summed E-state index contributed by atoms with van der Waals surface area (Å²) in [5, 5.41) is 0. The summed E-state index contributed by atoms with van der Waals surface area (Å²) in [5.74, 6) is 1.79. The van der Waals surface area contributed by atoms with Gasteiger partial charge in [-0.15, -0.1) is 0 Å². The third-order valence-corrected chi connectivity index (χ3v) is 5.55. The van der Waals surface area contributed by atoms with Crippen molar-refractivity contribution in [1.29, 1.82) is 0 Å². The lowest BCUT2D eigenvalue weighted by Crippen LogP contribution is -2.47. The van der Waals surface area contributed by atoms with Gasteiger partial charge in [0.05, 0.1) is 0 Å². The van der Waals surface area contributed by atoms with E-state index >= 15 is 0 Å². The molecule has 2 aromatic heterocycles. The molecule has 9 heteroatoms.